The molecule has 1 aromatic heterocycles. The molecule has 9 heteroatoms. The van der Waals surface area contributed by atoms with E-state index in [4.69, 9.17) is 4.74 Å². The number of thiazole rings is 1. The predicted molar refractivity (Wildman–Crippen MR) is 98.4 cm³/mol. The maximum Gasteiger partial charge on any atom is 0.416 e. The minimum Gasteiger partial charge on any atom is -0.467 e. The molecule has 5 nitrogen and oxygen atoms in total. The fourth-order valence-corrected chi connectivity index (χ4v) is 3.64. The summed E-state index contributed by atoms with van der Waals surface area (Å²) >= 11 is 1.39. The van der Waals surface area contributed by atoms with Crippen LogP contribution in [0.3, 0.4) is 0 Å². The van der Waals surface area contributed by atoms with Gasteiger partial charge in [0, 0.05) is 43.8 Å². The van der Waals surface area contributed by atoms with Gasteiger partial charge in [0.15, 0.2) is 0 Å². The molecule has 1 unspecified atom stereocenters. The topological polar surface area (TPSA) is 48.8 Å². The van der Waals surface area contributed by atoms with Gasteiger partial charge in [-0.3, -0.25) is 4.90 Å². The summed E-state index contributed by atoms with van der Waals surface area (Å²) in [5, 5.41) is 12.6. The average molecular weight is 401 g/mol. The van der Waals surface area contributed by atoms with Gasteiger partial charge >= 0.3 is 6.18 Å². The minimum atomic E-state index is -4.34. The molecule has 1 atom stereocenters. The van der Waals surface area contributed by atoms with E-state index in [0.29, 0.717) is 43.6 Å². The first-order chi connectivity index (χ1) is 12.8. The number of aromatic nitrogens is 1. The lowest BCUT2D eigenvalue weighted by atomic mass is 10.1. The third-order valence-electron chi connectivity index (χ3n) is 4.38. The molecule has 0 radical (unpaired) electrons. The molecule has 0 aliphatic carbocycles. The quantitative estimate of drug-likeness (QED) is 0.806. The Labute approximate surface area is 160 Å². The van der Waals surface area contributed by atoms with E-state index in [1.165, 1.54) is 23.5 Å². The molecule has 2 heterocycles. The number of β-amino-alcohol motifs (C(OH)–C–C–N with tert-alkyl or cyclic N) is 1. The number of piperazine rings is 1. The highest BCUT2D eigenvalue weighted by Crippen LogP contribution is 2.31. The molecule has 148 valence electrons. The zero-order valence-electron chi connectivity index (χ0n) is 14.9. The number of nitrogens with zero attached hydrogens (tertiary/aromatic N) is 3. The average Bonchev–Trinajstić information content (AvgIpc) is 3.05. The molecule has 1 N–H and O–H groups in total. The van der Waals surface area contributed by atoms with Gasteiger partial charge in [-0.05, 0) is 25.1 Å². The van der Waals surface area contributed by atoms with E-state index in [9.17, 15) is 18.3 Å². The molecule has 0 amide bonds. The summed E-state index contributed by atoms with van der Waals surface area (Å²) in [5.74, 6) is 0. The summed E-state index contributed by atoms with van der Waals surface area (Å²) in [5.41, 5.74) is 0.829. The monoisotopic (exact) mass is 401 g/mol. The highest BCUT2D eigenvalue weighted by Gasteiger charge is 2.31. The Morgan fingerprint density at radius 3 is 2.63 bits per heavy atom. The third-order valence-corrected chi connectivity index (χ3v) is 5.25. The van der Waals surface area contributed by atoms with E-state index >= 15 is 0 Å². The number of aliphatic hydroxyl groups is 1. The SMILES string of the molecule is Cc1csc(OCC(O)CN2CCN(c3cccc(C(F)(F)F)c3)CC2)n1. The lowest BCUT2D eigenvalue weighted by molar-refractivity contribution is -0.137. The number of rotatable bonds is 6. The maximum absolute atomic E-state index is 12.9. The molecule has 1 aliphatic rings. The molecule has 0 spiro atoms. The van der Waals surface area contributed by atoms with E-state index in [0.717, 1.165) is 11.8 Å². The first kappa shape index (κ1) is 19.9. The minimum absolute atomic E-state index is 0.167. The van der Waals surface area contributed by atoms with E-state index in [1.54, 1.807) is 6.07 Å². The van der Waals surface area contributed by atoms with Crippen LogP contribution in [0.2, 0.25) is 0 Å². The van der Waals surface area contributed by atoms with Crippen LogP contribution in [0.4, 0.5) is 18.9 Å². The van der Waals surface area contributed by atoms with Crippen molar-refractivity contribution in [1.82, 2.24) is 9.88 Å². The highest BCUT2D eigenvalue weighted by atomic mass is 32.1. The van der Waals surface area contributed by atoms with E-state index in [1.807, 2.05) is 17.2 Å². The summed E-state index contributed by atoms with van der Waals surface area (Å²) in [4.78, 5) is 8.21. The lowest BCUT2D eigenvalue weighted by Gasteiger charge is -2.37. The van der Waals surface area contributed by atoms with Crippen molar-refractivity contribution in [3.63, 3.8) is 0 Å². The Morgan fingerprint density at radius 2 is 2.00 bits per heavy atom. The van der Waals surface area contributed by atoms with Crippen LogP contribution in [0.1, 0.15) is 11.3 Å². The standard InChI is InChI=1S/C18H22F3N3O2S/c1-13-12-27-17(22-13)26-11-16(25)10-23-5-7-24(8-6-23)15-4-2-3-14(9-15)18(19,20)21/h2-4,9,12,16,25H,5-8,10-11H2,1H3. The number of halogens is 3. The molecule has 2 aromatic rings. The van der Waals surface area contributed by atoms with Gasteiger partial charge < -0.3 is 14.7 Å². The Bertz CT molecular complexity index is 745. The van der Waals surface area contributed by atoms with Crippen LogP contribution in [0.25, 0.3) is 0 Å². The zero-order chi connectivity index (χ0) is 19.4. The molecule has 3 rings (SSSR count). The van der Waals surface area contributed by atoms with E-state index < -0.39 is 17.8 Å². The van der Waals surface area contributed by atoms with Crippen LogP contribution in [-0.4, -0.2) is 60.4 Å². The van der Waals surface area contributed by atoms with Gasteiger partial charge in [-0.15, -0.1) is 0 Å². The summed E-state index contributed by atoms with van der Waals surface area (Å²) in [7, 11) is 0. The molecule has 1 fully saturated rings. The van der Waals surface area contributed by atoms with Crippen molar-refractivity contribution in [2.24, 2.45) is 0 Å². The van der Waals surface area contributed by atoms with Gasteiger partial charge in [0.25, 0.3) is 5.19 Å². The second-order valence-corrected chi connectivity index (χ2v) is 7.38. The van der Waals surface area contributed by atoms with Crippen molar-refractivity contribution >= 4 is 17.0 Å². The lowest BCUT2D eigenvalue weighted by Crippen LogP contribution is -2.49. The third kappa shape index (κ3) is 5.57. The number of ether oxygens (including phenoxy) is 1. The van der Waals surface area contributed by atoms with Crippen LogP contribution in [0, 0.1) is 6.92 Å². The van der Waals surface area contributed by atoms with Crippen molar-refractivity contribution in [2.45, 2.75) is 19.2 Å². The summed E-state index contributed by atoms with van der Waals surface area (Å²) < 4.78 is 44.1. The summed E-state index contributed by atoms with van der Waals surface area (Å²) in [6.45, 7) is 5.07. The Balaban J connectivity index is 1.46. The van der Waals surface area contributed by atoms with Crippen molar-refractivity contribution in [1.29, 1.82) is 0 Å². The molecular weight excluding hydrogens is 379 g/mol. The van der Waals surface area contributed by atoms with Crippen LogP contribution >= 0.6 is 11.3 Å². The van der Waals surface area contributed by atoms with Gasteiger partial charge in [0.05, 0.1) is 11.3 Å². The van der Waals surface area contributed by atoms with Crippen LogP contribution in [0.15, 0.2) is 29.6 Å². The number of anilines is 1. The number of hydrogen-bond acceptors (Lipinski definition) is 6. The number of alkyl halides is 3. The van der Waals surface area contributed by atoms with Crippen LogP contribution in [0.5, 0.6) is 5.19 Å². The number of aliphatic hydroxyl groups excluding tert-OH is 1. The number of aryl methyl sites for hydroxylation is 1. The fourth-order valence-electron chi connectivity index (χ4n) is 2.98. The number of benzene rings is 1. The summed E-state index contributed by atoms with van der Waals surface area (Å²) in [6, 6.07) is 5.41. The zero-order valence-corrected chi connectivity index (χ0v) is 15.8. The number of hydrogen-bond donors (Lipinski definition) is 1. The second kappa shape index (κ2) is 8.45. The predicted octanol–water partition coefficient (Wildman–Crippen LogP) is 3.03. The van der Waals surface area contributed by atoms with Crippen LogP contribution in [-0.2, 0) is 6.18 Å². The van der Waals surface area contributed by atoms with Gasteiger partial charge in [0.1, 0.15) is 12.7 Å². The van der Waals surface area contributed by atoms with Crippen molar-refractivity contribution in [3.05, 3.63) is 40.9 Å². The van der Waals surface area contributed by atoms with Gasteiger partial charge in [-0.25, -0.2) is 4.98 Å². The normalized spacial score (nSPS) is 17.1. The van der Waals surface area contributed by atoms with Crippen molar-refractivity contribution in [3.8, 4) is 5.19 Å². The summed E-state index contributed by atoms with van der Waals surface area (Å²) in [6.07, 6.45) is -4.98. The Kier molecular flexibility index (Phi) is 6.23. The van der Waals surface area contributed by atoms with Crippen molar-refractivity contribution < 1.29 is 23.0 Å². The van der Waals surface area contributed by atoms with Gasteiger partial charge in [0.2, 0.25) is 0 Å². The van der Waals surface area contributed by atoms with E-state index in [2.05, 4.69) is 9.88 Å². The van der Waals surface area contributed by atoms with Gasteiger partial charge in [-0.2, -0.15) is 13.2 Å². The molecule has 0 saturated carbocycles. The molecule has 1 aromatic carbocycles. The van der Waals surface area contributed by atoms with Crippen molar-refractivity contribution in [2.75, 3.05) is 44.2 Å². The molecule has 1 aliphatic heterocycles. The first-order valence-corrected chi connectivity index (χ1v) is 9.57. The molecule has 1 saturated heterocycles. The van der Waals surface area contributed by atoms with Gasteiger partial charge in [-0.1, -0.05) is 17.4 Å². The molecule has 0 bridgehead atoms. The Hall–Kier alpha value is -1.84. The first-order valence-electron chi connectivity index (χ1n) is 8.69. The van der Waals surface area contributed by atoms with Crippen LogP contribution < -0.4 is 9.64 Å². The fraction of sp³-hybridized carbons (Fsp3) is 0.500. The molecular formula is C18H22F3N3O2S. The Morgan fingerprint density at radius 1 is 1.26 bits per heavy atom. The largest absolute Gasteiger partial charge is 0.467 e. The molecule has 27 heavy (non-hydrogen) atoms. The second-order valence-electron chi connectivity index (χ2n) is 6.56. The van der Waals surface area contributed by atoms with E-state index in [-0.39, 0.29) is 6.61 Å². The highest BCUT2D eigenvalue weighted by molar-refractivity contribution is 7.11. The smallest absolute Gasteiger partial charge is 0.416 e. The maximum atomic E-state index is 12.9.